The largest absolute Gasteiger partial charge is 0.496 e. The zero-order valence-corrected chi connectivity index (χ0v) is 8.92. The first-order chi connectivity index (χ1) is 7.81. The minimum atomic E-state index is -0.696. The number of methoxy groups -OCH3 is 1. The van der Waals surface area contributed by atoms with Gasteiger partial charge in [0.25, 0.3) is 0 Å². The highest BCUT2D eigenvalue weighted by atomic mass is 16.5. The maximum Gasteiger partial charge on any atom is 0.153 e. The van der Waals surface area contributed by atoms with E-state index in [-0.39, 0.29) is 0 Å². The maximum absolute atomic E-state index is 9.89. The van der Waals surface area contributed by atoms with Gasteiger partial charge in [-0.15, -0.1) is 0 Å². The fourth-order valence-electron chi connectivity index (χ4n) is 1.55. The van der Waals surface area contributed by atoms with Gasteiger partial charge in [-0.2, -0.15) is 5.10 Å². The molecular weight excluding hydrogens is 206 g/mol. The number of nitrogens with one attached hydrogen (secondary N) is 1. The number of H-pyrrole nitrogens is 1. The number of hydrogen-bond acceptors (Lipinski definition) is 4. The topological polar surface area (TPSA) is 71.0 Å². The van der Waals surface area contributed by atoms with Gasteiger partial charge >= 0.3 is 0 Å². The van der Waals surface area contributed by atoms with Crippen molar-refractivity contribution in [1.82, 2.24) is 15.2 Å². The van der Waals surface area contributed by atoms with Crippen molar-refractivity contribution >= 4 is 0 Å². The molecule has 16 heavy (non-hydrogen) atoms. The van der Waals surface area contributed by atoms with Gasteiger partial charge in [-0.25, -0.2) is 4.98 Å². The van der Waals surface area contributed by atoms with Crippen molar-refractivity contribution in [1.29, 1.82) is 0 Å². The fourth-order valence-corrected chi connectivity index (χ4v) is 1.55. The van der Waals surface area contributed by atoms with Crippen LogP contribution in [0.3, 0.4) is 0 Å². The summed E-state index contributed by atoms with van der Waals surface area (Å²) in [4.78, 5) is 3.91. The molecule has 1 atom stereocenters. The number of nitrogens with zero attached hydrogens (tertiary/aromatic N) is 2. The lowest BCUT2D eigenvalue weighted by atomic mass is 10.1. The summed E-state index contributed by atoms with van der Waals surface area (Å²) in [5.41, 5.74) is 0.939. The minimum Gasteiger partial charge on any atom is -0.496 e. The molecule has 84 valence electrons. The molecular formula is C11H13N3O2. The summed E-state index contributed by atoms with van der Waals surface area (Å²) in [5, 5.41) is 16.2. The molecule has 0 aliphatic rings. The van der Waals surface area contributed by atoms with Crippen LogP contribution in [-0.4, -0.2) is 27.4 Å². The summed E-state index contributed by atoms with van der Waals surface area (Å²) < 4.78 is 5.21. The van der Waals surface area contributed by atoms with Crippen LogP contribution in [0.15, 0.2) is 30.6 Å². The highest BCUT2D eigenvalue weighted by molar-refractivity contribution is 5.33. The maximum atomic E-state index is 9.89. The Balaban J connectivity index is 2.14. The summed E-state index contributed by atoms with van der Waals surface area (Å²) in [5.74, 6) is 1.23. The summed E-state index contributed by atoms with van der Waals surface area (Å²) in [6.45, 7) is 0. The summed E-state index contributed by atoms with van der Waals surface area (Å²) in [6, 6.07) is 7.58. The third-order valence-electron chi connectivity index (χ3n) is 2.36. The van der Waals surface area contributed by atoms with Gasteiger partial charge in [-0.05, 0) is 11.6 Å². The fraction of sp³-hybridized carbons (Fsp3) is 0.273. The predicted octanol–water partition coefficient (Wildman–Crippen LogP) is 1.09. The van der Waals surface area contributed by atoms with E-state index in [9.17, 15) is 5.11 Å². The number of para-hydroxylation sites is 1. The number of aliphatic hydroxyl groups excluding tert-OH is 1. The van der Waals surface area contributed by atoms with E-state index in [0.29, 0.717) is 12.2 Å². The number of aromatic amines is 1. The van der Waals surface area contributed by atoms with Gasteiger partial charge in [-0.1, -0.05) is 18.2 Å². The van der Waals surface area contributed by atoms with E-state index in [1.165, 1.54) is 6.33 Å². The van der Waals surface area contributed by atoms with E-state index in [1.807, 2.05) is 24.3 Å². The Labute approximate surface area is 93.1 Å². The molecule has 0 amide bonds. The molecule has 1 aromatic carbocycles. The van der Waals surface area contributed by atoms with Gasteiger partial charge < -0.3 is 9.84 Å². The average Bonchev–Trinajstić information content (AvgIpc) is 2.83. The molecule has 1 heterocycles. The van der Waals surface area contributed by atoms with Gasteiger partial charge in [0.1, 0.15) is 18.2 Å². The number of aromatic nitrogens is 3. The van der Waals surface area contributed by atoms with E-state index in [0.717, 1.165) is 11.3 Å². The lowest BCUT2D eigenvalue weighted by Crippen LogP contribution is -2.05. The van der Waals surface area contributed by atoms with Gasteiger partial charge in [0, 0.05) is 6.42 Å². The minimum absolute atomic E-state index is 0.444. The number of benzene rings is 1. The predicted molar refractivity (Wildman–Crippen MR) is 58.0 cm³/mol. The quantitative estimate of drug-likeness (QED) is 0.807. The first-order valence-corrected chi connectivity index (χ1v) is 4.96. The number of rotatable bonds is 4. The van der Waals surface area contributed by atoms with E-state index in [2.05, 4.69) is 15.2 Å². The highest BCUT2D eigenvalue weighted by Crippen LogP contribution is 2.22. The molecule has 0 aliphatic heterocycles. The van der Waals surface area contributed by atoms with E-state index >= 15 is 0 Å². The number of hydrogen-bond donors (Lipinski definition) is 2. The Morgan fingerprint density at radius 1 is 1.44 bits per heavy atom. The van der Waals surface area contributed by atoms with Crippen LogP contribution in [-0.2, 0) is 6.42 Å². The van der Waals surface area contributed by atoms with Crippen molar-refractivity contribution in [2.24, 2.45) is 0 Å². The summed E-state index contributed by atoms with van der Waals surface area (Å²) >= 11 is 0. The second kappa shape index (κ2) is 4.76. The van der Waals surface area contributed by atoms with Crippen molar-refractivity contribution in [2.45, 2.75) is 12.5 Å². The number of ether oxygens (including phenoxy) is 1. The van der Waals surface area contributed by atoms with Crippen LogP contribution in [0.25, 0.3) is 0 Å². The Kier molecular flexibility index (Phi) is 3.16. The molecule has 5 nitrogen and oxygen atoms in total. The monoisotopic (exact) mass is 219 g/mol. The van der Waals surface area contributed by atoms with Crippen molar-refractivity contribution in [3.8, 4) is 5.75 Å². The van der Waals surface area contributed by atoms with Gasteiger partial charge in [0.05, 0.1) is 7.11 Å². The summed E-state index contributed by atoms with van der Waals surface area (Å²) in [6.07, 6.45) is 1.12. The lowest BCUT2D eigenvalue weighted by molar-refractivity contribution is 0.167. The zero-order valence-electron chi connectivity index (χ0n) is 8.92. The molecule has 2 N–H and O–H groups in total. The Bertz CT molecular complexity index is 442. The van der Waals surface area contributed by atoms with Crippen molar-refractivity contribution < 1.29 is 9.84 Å². The zero-order chi connectivity index (χ0) is 11.4. The molecule has 0 radical (unpaired) electrons. The van der Waals surface area contributed by atoms with Crippen LogP contribution >= 0.6 is 0 Å². The third kappa shape index (κ3) is 2.20. The molecule has 0 aliphatic carbocycles. The van der Waals surface area contributed by atoms with E-state index < -0.39 is 6.10 Å². The molecule has 1 aromatic heterocycles. The van der Waals surface area contributed by atoms with Crippen LogP contribution in [0, 0.1) is 0 Å². The number of aliphatic hydroxyl groups is 1. The smallest absolute Gasteiger partial charge is 0.153 e. The molecule has 0 fully saturated rings. The Morgan fingerprint density at radius 2 is 2.25 bits per heavy atom. The van der Waals surface area contributed by atoms with Crippen LogP contribution in [0.2, 0.25) is 0 Å². The van der Waals surface area contributed by atoms with E-state index in [1.54, 1.807) is 7.11 Å². The second-order valence-electron chi connectivity index (χ2n) is 3.40. The van der Waals surface area contributed by atoms with Crippen LogP contribution < -0.4 is 4.74 Å². The molecule has 0 saturated carbocycles. The molecule has 2 rings (SSSR count). The average molecular weight is 219 g/mol. The standard InChI is InChI=1S/C11H13N3O2/c1-16-10-5-3-2-4-8(10)6-9(15)11-12-7-13-14-11/h2-5,7,9,15H,6H2,1H3,(H,12,13,14). The van der Waals surface area contributed by atoms with Crippen LogP contribution in [0.4, 0.5) is 0 Å². The van der Waals surface area contributed by atoms with Crippen molar-refractivity contribution in [2.75, 3.05) is 7.11 Å². The van der Waals surface area contributed by atoms with Gasteiger partial charge in [0.15, 0.2) is 5.82 Å². The second-order valence-corrected chi connectivity index (χ2v) is 3.40. The summed E-state index contributed by atoms with van der Waals surface area (Å²) in [7, 11) is 1.61. The molecule has 5 heteroatoms. The Morgan fingerprint density at radius 3 is 2.94 bits per heavy atom. The first-order valence-electron chi connectivity index (χ1n) is 4.96. The Hall–Kier alpha value is -1.88. The van der Waals surface area contributed by atoms with E-state index in [4.69, 9.17) is 4.74 Å². The first kappa shape index (κ1) is 10.6. The van der Waals surface area contributed by atoms with Crippen molar-refractivity contribution in [3.05, 3.63) is 42.0 Å². The molecule has 1 unspecified atom stereocenters. The molecule has 0 spiro atoms. The highest BCUT2D eigenvalue weighted by Gasteiger charge is 2.13. The SMILES string of the molecule is COc1ccccc1CC(O)c1ncn[nH]1. The lowest BCUT2D eigenvalue weighted by Gasteiger charge is -2.10. The molecule has 0 saturated heterocycles. The van der Waals surface area contributed by atoms with Crippen molar-refractivity contribution in [3.63, 3.8) is 0 Å². The van der Waals surface area contributed by atoms with Gasteiger partial charge in [0.2, 0.25) is 0 Å². The third-order valence-corrected chi connectivity index (χ3v) is 2.36. The molecule has 0 bridgehead atoms. The van der Waals surface area contributed by atoms with Crippen LogP contribution in [0.5, 0.6) is 5.75 Å². The van der Waals surface area contributed by atoms with Crippen LogP contribution in [0.1, 0.15) is 17.5 Å². The van der Waals surface area contributed by atoms with Gasteiger partial charge in [-0.3, -0.25) is 5.10 Å². The normalized spacial score (nSPS) is 12.4. The molecule has 2 aromatic rings.